The van der Waals surface area contributed by atoms with Gasteiger partial charge < -0.3 is 9.47 Å². The highest BCUT2D eigenvalue weighted by molar-refractivity contribution is 9.10. The molecule has 0 amide bonds. The molecule has 0 saturated carbocycles. The van der Waals surface area contributed by atoms with Gasteiger partial charge in [0.25, 0.3) is 5.56 Å². The summed E-state index contributed by atoms with van der Waals surface area (Å²) in [4.78, 5) is 29.5. The SMILES string of the molecule is CCOC(=O)COc1c(Cl)cc(C=Nn2c(C(C)(C)C)nc3ccc(Br)cc3c2=O)cc1Br. The van der Waals surface area contributed by atoms with Gasteiger partial charge in [-0.2, -0.15) is 9.78 Å². The summed E-state index contributed by atoms with van der Waals surface area (Å²) in [6.07, 6.45) is 1.52. The number of hydrogen-bond donors (Lipinski definition) is 0. The molecule has 0 atom stereocenters. The molecule has 0 aliphatic heterocycles. The summed E-state index contributed by atoms with van der Waals surface area (Å²) in [5.41, 5.74) is 0.521. The Hall–Kier alpha value is -2.23. The van der Waals surface area contributed by atoms with Crippen molar-refractivity contribution in [3.8, 4) is 5.75 Å². The zero-order chi connectivity index (χ0) is 24.3. The number of rotatable bonds is 6. The van der Waals surface area contributed by atoms with Crippen molar-refractivity contribution in [3.05, 3.63) is 66.0 Å². The zero-order valence-electron chi connectivity index (χ0n) is 18.5. The molecule has 0 radical (unpaired) electrons. The molecule has 0 aliphatic carbocycles. The summed E-state index contributed by atoms with van der Waals surface area (Å²) in [7, 11) is 0. The fourth-order valence-corrected chi connectivity index (χ4v) is 4.34. The van der Waals surface area contributed by atoms with E-state index in [1.54, 1.807) is 31.2 Å². The molecule has 0 aliphatic rings. The standard InChI is InChI=1S/C23H22Br2ClN3O4/c1-5-32-19(30)12-33-20-16(25)8-13(9-17(20)26)11-27-29-21(31)15-10-14(24)6-7-18(15)28-22(29)23(2,3)4/h6-11H,5,12H2,1-4H3. The van der Waals surface area contributed by atoms with Crippen LogP contribution >= 0.6 is 43.5 Å². The number of carbonyl (C=O) groups excluding carboxylic acids is 1. The van der Waals surface area contributed by atoms with Gasteiger partial charge >= 0.3 is 5.97 Å². The van der Waals surface area contributed by atoms with Crippen LogP contribution in [0.15, 0.2) is 49.2 Å². The molecule has 10 heteroatoms. The molecular weight excluding hydrogens is 578 g/mol. The van der Waals surface area contributed by atoms with Crippen LogP contribution < -0.4 is 10.3 Å². The van der Waals surface area contributed by atoms with Crippen LogP contribution in [-0.4, -0.2) is 35.1 Å². The van der Waals surface area contributed by atoms with Gasteiger partial charge in [-0.05, 0) is 58.7 Å². The van der Waals surface area contributed by atoms with Gasteiger partial charge in [0.05, 0.1) is 33.2 Å². The van der Waals surface area contributed by atoms with Gasteiger partial charge in [0.15, 0.2) is 12.4 Å². The number of nitrogens with zero attached hydrogens (tertiary/aromatic N) is 3. The van der Waals surface area contributed by atoms with Crippen molar-refractivity contribution in [2.24, 2.45) is 5.10 Å². The summed E-state index contributed by atoms with van der Waals surface area (Å²) >= 11 is 13.2. The van der Waals surface area contributed by atoms with Crippen LogP contribution in [0.2, 0.25) is 5.02 Å². The van der Waals surface area contributed by atoms with Crippen molar-refractivity contribution in [2.45, 2.75) is 33.1 Å². The Kier molecular flexibility index (Phi) is 7.97. The number of carbonyl (C=O) groups is 1. The number of aromatic nitrogens is 2. The average molecular weight is 600 g/mol. The zero-order valence-corrected chi connectivity index (χ0v) is 22.4. The summed E-state index contributed by atoms with van der Waals surface area (Å²) in [5.74, 6) is 0.348. The van der Waals surface area contributed by atoms with Gasteiger partial charge in [0.2, 0.25) is 0 Å². The van der Waals surface area contributed by atoms with Crippen molar-refractivity contribution in [2.75, 3.05) is 13.2 Å². The molecule has 0 spiro atoms. The van der Waals surface area contributed by atoms with E-state index in [4.69, 9.17) is 26.1 Å². The molecule has 33 heavy (non-hydrogen) atoms. The second-order valence-corrected chi connectivity index (χ2v) is 10.3. The lowest BCUT2D eigenvalue weighted by Gasteiger charge is -2.20. The normalized spacial score (nSPS) is 11.8. The first-order chi connectivity index (χ1) is 15.5. The molecule has 1 heterocycles. The highest BCUT2D eigenvalue weighted by atomic mass is 79.9. The van der Waals surface area contributed by atoms with Crippen LogP contribution in [0.3, 0.4) is 0 Å². The maximum Gasteiger partial charge on any atom is 0.344 e. The lowest BCUT2D eigenvalue weighted by Crippen LogP contribution is -2.29. The Morgan fingerprint density at radius 1 is 1.24 bits per heavy atom. The summed E-state index contributed by atoms with van der Waals surface area (Å²) in [6.45, 7) is 7.62. The van der Waals surface area contributed by atoms with Crippen molar-refractivity contribution in [1.82, 2.24) is 9.66 Å². The molecule has 7 nitrogen and oxygen atoms in total. The first kappa shape index (κ1) is 25.4. The van der Waals surface area contributed by atoms with Crippen molar-refractivity contribution >= 4 is 66.5 Å². The number of benzene rings is 2. The van der Waals surface area contributed by atoms with Crippen LogP contribution in [0.4, 0.5) is 0 Å². The fraction of sp³-hybridized carbons (Fsp3) is 0.304. The third-order valence-electron chi connectivity index (χ3n) is 4.46. The molecule has 1 aromatic heterocycles. The number of hydrogen-bond acceptors (Lipinski definition) is 6. The minimum Gasteiger partial charge on any atom is -0.479 e. The maximum absolute atomic E-state index is 13.2. The van der Waals surface area contributed by atoms with Gasteiger partial charge in [-0.1, -0.05) is 48.3 Å². The lowest BCUT2D eigenvalue weighted by atomic mass is 9.95. The highest BCUT2D eigenvalue weighted by Gasteiger charge is 2.23. The van der Waals surface area contributed by atoms with Gasteiger partial charge in [0.1, 0.15) is 5.82 Å². The Labute approximate surface area is 213 Å². The van der Waals surface area contributed by atoms with E-state index in [0.29, 0.717) is 32.5 Å². The molecule has 0 N–H and O–H groups in total. The molecule has 3 rings (SSSR count). The minimum absolute atomic E-state index is 0.262. The Morgan fingerprint density at radius 2 is 1.97 bits per heavy atom. The topological polar surface area (TPSA) is 82.8 Å². The van der Waals surface area contributed by atoms with Crippen LogP contribution in [0.5, 0.6) is 5.75 Å². The van der Waals surface area contributed by atoms with E-state index >= 15 is 0 Å². The number of fused-ring (bicyclic) bond motifs is 1. The molecule has 0 saturated heterocycles. The number of ether oxygens (including phenoxy) is 2. The van der Waals surface area contributed by atoms with Crippen LogP contribution in [-0.2, 0) is 14.9 Å². The predicted molar refractivity (Wildman–Crippen MR) is 137 cm³/mol. The molecule has 174 valence electrons. The van der Waals surface area contributed by atoms with E-state index in [1.807, 2.05) is 26.8 Å². The molecule has 0 bridgehead atoms. The van der Waals surface area contributed by atoms with Crippen molar-refractivity contribution < 1.29 is 14.3 Å². The second kappa shape index (κ2) is 10.4. The van der Waals surface area contributed by atoms with E-state index < -0.39 is 11.4 Å². The fourth-order valence-electron chi connectivity index (χ4n) is 2.99. The maximum atomic E-state index is 13.2. The summed E-state index contributed by atoms with van der Waals surface area (Å²) in [6, 6.07) is 8.73. The van der Waals surface area contributed by atoms with E-state index in [0.717, 1.165) is 4.47 Å². The third-order valence-corrected chi connectivity index (χ3v) is 5.82. The Balaban J connectivity index is 2.01. The van der Waals surface area contributed by atoms with Gasteiger partial charge in [-0.15, -0.1) is 0 Å². The van der Waals surface area contributed by atoms with Gasteiger partial charge in [-0.3, -0.25) is 4.79 Å². The van der Waals surface area contributed by atoms with E-state index in [9.17, 15) is 9.59 Å². The predicted octanol–water partition coefficient (Wildman–Crippen LogP) is 5.70. The van der Waals surface area contributed by atoms with Crippen molar-refractivity contribution in [3.63, 3.8) is 0 Å². The molecule has 0 fully saturated rings. The van der Waals surface area contributed by atoms with Gasteiger partial charge in [0, 0.05) is 9.89 Å². The second-order valence-electron chi connectivity index (χ2n) is 8.12. The Bertz CT molecular complexity index is 1280. The first-order valence-corrected chi connectivity index (χ1v) is 12.0. The van der Waals surface area contributed by atoms with Crippen molar-refractivity contribution in [1.29, 1.82) is 0 Å². The van der Waals surface area contributed by atoms with Crippen LogP contribution in [0, 0.1) is 0 Å². The van der Waals surface area contributed by atoms with Gasteiger partial charge in [-0.25, -0.2) is 9.78 Å². The highest BCUT2D eigenvalue weighted by Crippen LogP contribution is 2.34. The average Bonchev–Trinajstić information content (AvgIpc) is 2.72. The monoisotopic (exact) mass is 597 g/mol. The Morgan fingerprint density at radius 3 is 2.61 bits per heavy atom. The van der Waals surface area contributed by atoms with Crippen LogP contribution in [0.25, 0.3) is 10.9 Å². The summed E-state index contributed by atoms with van der Waals surface area (Å²) in [5, 5.41) is 5.17. The summed E-state index contributed by atoms with van der Waals surface area (Å²) < 4.78 is 13.0. The molecule has 0 unspecified atom stereocenters. The quantitative estimate of drug-likeness (QED) is 0.268. The number of halogens is 3. The smallest absolute Gasteiger partial charge is 0.344 e. The molecule has 3 aromatic rings. The van der Waals surface area contributed by atoms with Crippen LogP contribution in [0.1, 0.15) is 39.1 Å². The van der Waals surface area contributed by atoms with E-state index in [-0.39, 0.29) is 23.8 Å². The molecular formula is C23H22Br2ClN3O4. The first-order valence-electron chi connectivity index (χ1n) is 10.1. The number of esters is 1. The van der Waals surface area contributed by atoms with E-state index in [1.165, 1.54) is 10.9 Å². The minimum atomic E-state index is -0.490. The third kappa shape index (κ3) is 6.02. The molecule has 2 aromatic carbocycles. The van der Waals surface area contributed by atoms with E-state index in [2.05, 4.69) is 37.0 Å². The lowest BCUT2D eigenvalue weighted by molar-refractivity contribution is -0.145. The largest absolute Gasteiger partial charge is 0.479 e.